The number of halogens is 1. The van der Waals surface area contributed by atoms with Crippen LogP contribution in [0.4, 0.5) is 0 Å². The zero-order chi connectivity index (χ0) is 21.8. The van der Waals surface area contributed by atoms with E-state index in [1.165, 1.54) is 6.26 Å². The normalized spacial score (nSPS) is 16.3. The number of carbonyl (C=O) groups excluding carboxylic acids is 2. The first-order chi connectivity index (χ1) is 15.1. The second-order valence-electron chi connectivity index (χ2n) is 7.67. The van der Waals surface area contributed by atoms with Gasteiger partial charge in [0.2, 0.25) is 0 Å². The van der Waals surface area contributed by atoms with Gasteiger partial charge in [-0.1, -0.05) is 30.7 Å². The van der Waals surface area contributed by atoms with Crippen LogP contribution in [0.3, 0.4) is 0 Å². The van der Waals surface area contributed by atoms with Crippen molar-refractivity contribution in [3.05, 3.63) is 70.9 Å². The molecule has 0 radical (unpaired) electrons. The van der Waals surface area contributed by atoms with Crippen LogP contribution in [0, 0.1) is 5.92 Å². The number of carbonyl (C=O) groups is 2. The average molecular weight is 441 g/mol. The number of hydrogen-bond acceptors (Lipinski definition) is 4. The van der Waals surface area contributed by atoms with E-state index >= 15 is 0 Å². The van der Waals surface area contributed by atoms with Gasteiger partial charge >= 0.3 is 0 Å². The molecule has 3 aromatic rings. The van der Waals surface area contributed by atoms with Gasteiger partial charge in [0.1, 0.15) is 0 Å². The molecule has 0 saturated carbocycles. The van der Waals surface area contributed by atoms with E-state index in [-0.39, 0.29) is 17.7 Å². The second-order valence-corrected chi connectivity index (χ2v) is 8.08. The van der Waals surface area contributed by atoms with Crippen molar-refractivity contribution in [3.8, 4) is 5.69 Å². The summed E-state index contributed by atoms with van der Waals surface area (Å²) in [5.41, 5.74) is 2.20. The number of rotatable bonds is 6. The maximum Gasteiger partial charge on any atom is 0.286 e. The highest BCUT2D eigenvalue weighted by atomic mass is 35.5. The van der Waals surface area contributed by atoms with Crippen LogP contribution in [0.5, 0.6) is 0 Å². The van der Waals surface area contributed by atoms with Crippen LogP contribution < -0.4 is 5.32 Å². The predicted molar refractivity (Wildman–Crippen MR) is 118 cm³/mol. The SMILES string of the molecule is CCc1c(C(=O)N2CCCC(CNC(=O)c3ccco3)C2)cnn1-c1ccccc1Cl. The summed E-state index contributed by atoms with van der Waals surface area (Å²) >= 11 is 6.34. The summed E-state index contributed by atoms with van der Waals surface area (Å²) in [7, 11) is 0. The average Bonchev–Trinajstić information content (AvgIpc) is 3.47. The van der Waals surface area contributed by atoms with Crippen molar-refractivity contribution in [2.75, 3.05) is 19.6 Å². The number of amides is 2. The van der Waals surface area contributed by atoms with Crippen molar-refractivity contribution in [2.24, 2.45) is 5.92 Å². The van der Waals surface area contributed by atoms with Crippen LogP contribution in [-0.4, -0.2) is 46.1 Å². The maximum absolute atomic E-state index is 13.3. The number of furan rings is 1. The van der Waals surface area contributed by atoms with Crippen LogP contribution in [-0.2, 0) is 6.42 Å². The smallest absolute Gasteiger partial charge is 0.286 e. The van der Waals surface area contributed by atoms with E-state index in [9.17, 15) is 9.59 Å². The van der Waals surface area contributed by atoms with E-state index in [0.29, 0.717) is 42.4 Å². The Morgan fingerprint density at radius 2 is 2.10 bits per heavy atom. The number of aromatic nitrogens is 2. The second kappa shape index (κ2) is 9.39. The van der Waals surface area contributed by atoms with E-state index in [2.05, 4.69) is 10.4 Å². The molecule has 1 fully saturated rings. The van der Waals surface area contributed by atoms with Crippen molar-refractivity contribution in [1.29, 1.82) is 0 Å². The van der Waals surface area contributed by atoms with E-state index in [0.717, 1.165) is 24.2 Å². The summed E-state index contributed by atoms with van der Waals surface area (Å²) < 4.78 is 6.88. The molecule has 2 aromatic heterocycles. The largest absolute Gasteiger partial charge is 0.459 e. The highest BCUT2D eigenvalue weighted by Crippen LogP contribution is 2.25. The highest BCUT2D eigenvalue weighted by molar-refractivity contribution is 6.32. The number of hydrogen-bond donors (Lipinski definition) is 1. The first kappa shape index (κ1) is 21.2. The van der Waals surface area contributed by atoms with Gasteiger partial charge in [-0.25, -0.2) is 4.68 Å². The molecular formula is C23H25ClN4O3. The fourth-order valence-electron chi connectivity index (χ4n) is 4.04. The standard InChI is InChI=1S/C23H25ClN4O3/c1-2-19-17(14-26-28(19)20-9-4-3-8-18(20)24)23(30)27-11-5-7-16(15-27)13-25-22(29)21-10-6-12-31-21/h3-4,6,8-10,12,14,16H,2,5,7,11,13,15H2,1H3,(H,25,29). The summed E-state index contributed by atoms with van der Waals surface area (Å²) in [6, 6.07) is 10.8. The minimum absolute atomic E-state index is 0.0304. The Morgan fingerprint density at radius 1 is 1.26 bits per heavy atom. The van der Waals surface area contributed by atoms with E-state index in [1.54, 1.807) is 23.0 Å². The summed E-state index contributed by atoms with van der Waals surface area (Å²) in [4.78, 5) is 27.3. The van der Waals surface area contributed by atoms with Gasteiger partial charge in [-0.3, -0.25) is 9.59 Å². The lowest BCUT2D eigenvalue weighted by molar-refractivity contribution is 0.0669. The monoisotopic (exact) mass is 440 g/mol. The number of likely N-dealkylation sites (tertiary alicyclic amines) is 1. The molecule has 1 atom stereocenters. The first-order valence-electron chi connectivity index (χ1n) is 10.5. The van der Waals surface area contributed by atoms with E-state index in [1.807, 2.05) is 36.1 Å². The van der Waals surface area contributed by atoms with Gasteiger partial charge in [0.15, 0.2) is 5.76 Å². The quantitative estimate of drug-likeness (QED) is 0.629. The maximum atomic E-state index is 13.3. The molecule has 2 amide bonds. The Hall–Kier alpha value is -3.06. The van der Waals surface area contributed by atoms with Crippen molar-refractivity contribution in [2.45, 2.75) is 26.2 Å². The van der Waals surface area contributed by atoms with E-state index < -0.39 is 0 Å². The Labute approximate surface area is 186 Å². The number of para-hydroxylation sites is 1. The zero-order valence-electron chi connectivity index (χ0n) is 17.4. The Morgan fingerprint density at radius 3 is 2.84 bits per heavy atom. The third-order valence-corrected chi connectivity index (χ3v) is 5.94. The van der Waals surface area contributed by atoms with Gasteiger partial charge in [-0.2, -0.15) is 5.10 Å². The van der Waals surface area contributed by atoms with Gasteiger partial charge < -0.3 is 14.6 Å². The number of nitrogens with one attached hydrogen (secondary N) is 1. The molecule has 1 saturated heterocycles. The predicted octanol–water partition coefficient (Wildman–Crippen LogP) is 3.96. The molecule has 1 unspecified atom stereocenters. The van der Waals surface area contributed by atoms with E-state index in [4.69, 9.17) is 16.0 Å². The summed E-state index contributed by atoms with van der Waals surface area (Å²) in [6.45, 7) is 3.80. The van der Waals surface area contributed by atoms with Crippen LogP contribution in [0.15, 0.2) is 53.3 Å². The lowest BCUT2D eigenvalue weighted by Gasteiger charge is -2.32. The summed E-state index contributed by atoms with van der Waals surface area (Å²) in [6.07, 6.45) is 5.62. The van der Waals surface area contributed by atoms with Gasteiger partial charge in [0, 0.05) is 19.6 Å². The molecule has 3 heterocycles. The van der Waals surface area contributed by atoms with Crippen LogP contribution in [0.25, 0.3) is 5.69 Å². The Balaban J connectivity index is 1.45. The summed E-state index contributed by atoms with van der Waals surface area (Å²) in [5, 5.41) is 7.95. The Bertz CT molecular complexity index is 1060. The first-order valence-corrected chi connectivity index (χ1v) is 10.9. The molecule has 4 rings (SSSR count). The molecular weight excluding hydrogens is 416 g/mol. The molecule has 31 heavy (non-hydrogen) atoms. The van der Waals surface area contributed by atoms with Crippen molar-refractivity contribution in [1.82, 2.24) is 20.0 Å². The van der Waals surface area contributed by atoms with Gasteiger partial charge in [-0.05, 0) is 49.4 Å². The van der Waals surface area contributed by atoms with Gasteiger partial charge in [-0.15, -0.1) is 0 Å². The minimum atomic E-state index is -0.234. The number of nitrogens with zero attached hydrogens (tertiary/aromatic N) is 3. The topological polar surface area (TPSA) is 80.4 Å². The molecule has 0 aliphatic carbocycles. The fourth-order valence-corrected chi connectivity index (χ4v) is 4.26. The molecule has 162 valence electrons. The molecule has 1 aliphatic heterocycles. The summed E-state index contributed by atoms with van der Waals surface area (Å²) in [5.74, 6) is 0.226. The molecule has 0 bridgehead atoms. The van der Waals surface area contributed by atoms with Crippen LogP contribution >= 0.6 is 11.6 Å². The number of benzene rings is 1. The Kier molecular flexibility index (Phi) is 6.42. The number of piperidine rings is 1. The fraction of sp³-hybridized carbons (Fsp3) is 0.348. The van der Waals surface area contributed by atoms with Crippen molar-refractivity contribution >= 4 is 23.4 Å². The molecule has 8 heteroatoms. The minimum Gasteiger partial charge on any atom is -0.459 e. The van der Waals surface area contributed by atoms with Gasteiger partial charge in [0.25, 0.3) is 11.8 Å². The zero-order valence-corrected chi connectivity index (χ0v) is 18.1. The van der Waals surface area contributed by atoms with Crippen LogP contribution in [0.2, 0.25) is 5.02 Å². The van der Waals surface area contributed by atoms with Crippen molar-refractivity contribution in [3.63, 3.8) is 0 Å². The molecule has 1 aromatic carbocycles. The molecule has 1 N–H and O–H groups in total. The molecule has 0 spiro atoms. The van der Waals surface area contributed by atoms with Crippen molar-refractivity contribution < 1.29 is 14.0 Å². The van der Waals surface area contributed by atoms with Gasteiger partial charge in [0.05, 0.1) is 34.4 Å². The highest BCUT2D eigenvalue weighted by Gasteiger charge is 2.28. The third kappa shape index (κ3) is 4.51. The molecule has 1 aliphatic rings. The third-order valence-electron chi connectivity index (χ3n) is 5.62. The van der Waals surface area contributed by atoms with Crippen LogP contribution in [0.1, 0.15) is 46.4 Å². The lowest BCUT2D eigenvalue weighted by Crippen LogP contribution is -2.43. The lowest BCUT2D eigenvalue weighted by atomic mass is 9.97. The molecule has 7 nitrogen and oxygen atoms in total.